The molecule has 0 aromatic heterocycles. The number of rotatable bonds is 8. The molecule has 0 N–H and O–H groups in total. The Hall–Kier alpha value is -7.16. The average molecular weight is 731 g/mol. The van der Waals surface area contributed by atoms with Crippen LogP contribution < -0.4 is 9.80 Å². The van der Waals surface area contributed by atoms with Gasteiger partial charge < -0.3 is 9.80 Å². The SMILES string of the molecule is CC1(C)c2ccccc2-c2cc(N(c3ccc(-c4ccccc4)cc3)c3ccc(-c4ccc(N(c5ccccc5)c5cccc6ccccc56)cc4)cc3)ccc21. The van der Waals surface area contributed by atoms with Crippen LogP contribution in [-0.2, 0) is 5.41 Å². The maximum absolute atomic E-state index is 2.39. The van der Waals surface area contributed by atoms with Crippen LogP contribution in [0, 0.1) is 0 Å². The predicted octanol–water partition coefficient (Wildman–Crippen LogP) is 15.4. The summed E-state index contributed by atoms with van der Waals surface area (Å²) in [6, 6.07) is 79.2. The van der Waals surface area contributed by atoms with E-state index in [0.29, 0.717) is 0 Å². The summed E-state index contributed by atoms with van der Waals surface area (Å²) in [6.45, 7) is 4.68. The summed E-state index contributed by atoms with van der Waals surface area (Å²) < 4.78 is 0. The van der Waals surface area contributed by atoms with E-state index in [1.165, 1.54) is 55.3 Å². The molecule has 272 valence electrons. The summed E-state index contributed by atoms with van der Waals surface area (Å²) in [5.74, 6) is 0. The molecule has 2 heteroatoms. The Labute approximate surface area is 335 Å². The lowest BCUT2D eigenvalue weighted by atomic mass is 9.82. The van der Waals surface area contributed by atoms with Gasteiger partial charge in [-0.1, -0.05) is 166 Å². The van der Waals surface area contributed by atoms with Crippen molar-refractivity contribution in [1.82, 2.24) is 0 Å². The van der Waals surface area contributed by atoms with E-state index in [1.54, 1.807) is 0 Å². The van der Waals surface area contributed by atoms with E-state index in [4.69, 9.17) is 0 Å². The van der Waals surface area contributed by atoms with Gasteiger partial charge in [0.05, 0.1) is 5.69 Å². The van der Waals surface area contributed by atoms with Gasteiger partial charge in [-0.15, -0.1) is 0 Å². The molecule has 0 saturated heterocycles. The lowest BCUT2D eigenvalue weighted by molar-refractivity contribution is 0.660. The second-order valence-electron chi connectivity index (χ2n) is 15.4. The number of nitrogens with zero attached hydrogens (tertiary/aromatic N) is 2. The number of hydrogen-bond acceptors (Lipinski definition) is 2. The lowest BCUT2D eigenvalue weighted by Crippen LogP contribution is -2.15. The molecule has 9 aromatic carbocycles. The molecule has 0 heterocycles. The number of anilines is 6. The first-order valence-electron chi connectivity index (χ1n) is 19.8. The van der Waals surface area contributed by atoms with Crippen LogP contribution in [0.4, 0.5) is 34.1 Å². The Morgan fingerprint density at radius 1 is 0.316 bits per heavy atom. The molecule has 0 radical (unpaired) electrons. The molecular weight excluding hydrogens is 689 g/mol. The van der Waals surface area contributed by atoms with Crippen LogP contribution in [0.15, 0.2) is 218 Å². The van der Waals surface area contributed by atoms with E-state index >= 15 is 0 Å². The molecule has 1 aliphatic rings. The Morgan fingerprint density at radius 3 is 1.42 bits per heavy atom. The molecule has 9 aromatic rings. The molecular formula is C55H42N2. The first kappa shape index (κ1) is 34.3. The Bertz CT molecular complexity index is 2830. The second-order valence-corrected chi connectivity index (χ2v) is 15.4. The second kappa shape index (κ2) is 14.2. The first-order chi connectivity index (χ1) is 28.0. The summed E-state index contributed by atoms with van der Waals surface area (Å²) in [6.07, 6.45) is 0. The number of para-hydroxylation sites is 1. The smallest absolute Gasteiger partial charge is 0.0540 e. The Morgan fingerprint density at radius 2 is 0.772 bits per heavy atom. The number of hydrogen-bond donors (Lipinski definition) is 0. The highest BCUT2D eigenvalue weighted by molar-refractivity contribution is 5.99. The zero-order valence-corrected chi connectivity index (χ0v) is 32.2. The minimum Gasteiger partial charge on any atom is -0.310 e. The fourth-order valence-electron chi connectivity index (χ4n) is 8.74. The van der Waals surface area contributed by atoms with E-state index in [9.17, 15) is 0 Å². The van der Waals surface area contributed by atoms with Crippen LogP contribution >= 0.6 is 0 Å². The zero-order chi connectivity index (χ0) is 38.3. The largest absolute Gasteiger partial charge is 0.310 e. The van der Waals surface area contributed by atoms with Crippen LogP contribution in [0.3, 0.4) is 0 Å². The van der Waals surface area contributed by atoms with Crippen LogP contribution in [-0.4, -0.2) is 0 Å². The third kappa shape index (κ3) is 6.16. The van der Waals surface area contributed by atoms with Gasteiger partial charge in [0, 0.05) is 39.2 Å². The molecule has 2 nitrogen and oxygen atoms in total. The topological polar surface area (TPSA) is 6.48 Å². The van der Waals surface area contributed by atoms with Crippen molar-refractivity contribution >= 4 is 44.9 Å². The van der Waals surface area contributed by atoms with Crippen LogP contribution in [0.5, 0.6) is 0 Å². The summed E-state index contributed by atoms with van der Waals surface area (Å²) in [7, 11) is 0. The highest BCUT2D eigenvalue weighted by Crippen LogP contribution is 2.51. The quantitative estimate of drug-likeness (QED) is 0.154. The third-order valence-corrected chi connectivity index (χ3v) is 11.7. The fraction of sp³-hybridized carbons (Fsp3) is 0.0545. The van der Waals surface area contributed by atoms with Crippen molar-refractivity contribution in [2.45, 2.75) is 19.3 Å². The molecule has 0 fully saturated rings. The van der Waals surface area contributed by atoms with E-state index in [-0.39, 0.29) is 5.41 Å². The Balaban J connectivity index is 1.02. The molecule has 0 bridgehead atoms. The first-order valence-corrected chi connectivity index (χ1v) is 19.8. The maximum atomic E-state index is 2.39. The van der Waals surface area contributed by atoms with Crippen LogP contribution in [0.2, 0.25) is 0 Å². The lowest BCUT2D eigenvalue weighted by Gasteiger charge is -2.28. The van der Waals surface area contributed by atoms with E-state index in [0.717, 1.165) is 34.1 Å². The molecule has 1 aliphatic carbocycles. The fourth-order valence-corrected chi connectivity index (χ4v) is 8.74. The van der Waals surface area contributed by atoms with Gasteiger partial charge in [-0.3, -0.25) is 0 Å². The third-order valence-electron chi connectivity index (χ3n) is 11.7. The standard InChI is InChI=1S/C55H42N2/c1-55(2)52-22-12-11-21-50(52)51-38-48(36-37-53(51)55)56(45-30-24-40(25-31-45)39-14-5-3-6-15-39)46-32-26-41(27-33-46)42-28-34-47(35-29-42)57(44-18-7-4-8-19-44)54-23-13-17-43-16-9-10-20-49(43)54/h3-38H,1-2H3. The van der Waals surface area contributed by atoms with E-state index in [1.807, 2.05) is 0 Å². The van der Waals surface area contributed by atoms with Gasteiger partial charge >= 0.3 is 0 Å². The highest BCUT2D eigenvalue weighted by Gasteiger charge is 2.35. The van der Waals surface area contributed by atoms with E-state index in [2.05, 4.69) is 242 Å². The summed E-state index contributed by atoms with van der Waals surface area (Å²) >= 11 is 0. The van der Waals surface area contributed by atoms with Crippen molar-refractivity contribution in [3.05, 3.63) is 230 Å². The molecule has 0 aliphatic heterocycles. The molecule has 0 unspecified atom stereocenters. The highest BCUT2D eigenvalue weighted by atomic mass is 15.1. The molecule has 0 amide bonds. The summed E-state index contributed by atoms with van der Waals surface area (Å²) in [5.41, 5.74) is 16.9. The average Bonchev–Trinajstić information content (AvgIpc) is 3.50. The van der Waals surface area contributed by atoms with Crippen molar-refractivity contribution in [2.24, 2.45) is 0 Å². The van der Waals surface area contributed by atoms with Gasteiger partial charge in [0.1, 0.15) is 0 Å². The molecule has 0 spiro atoms. The zero-order valence-electron chi connectivity index (χ0n) is 32.2. The van der Waals surface area contributed by atoms with Gasteiger partial charge in [0.15, 0.2) is 0 Å². The van der Waals surface area contributed by atoms with Crippen LogP contribution in [0.25, 0.3) is 44.2 Å². The minimum atomic E-state index is -0.0448. The number of fused-ring (bicyclic) bond motifs is 4. The summed E-state index contributed by atoms with van der Waals surface area (Å²) in [4.78, 5) is 4.74. The molecule has 57 heavy (non-hydrogen) atoms. The Kier molecular flexibility index (Phi) is 8.53. The molecule has 0 atom stereocenters. The van der Waals surface area contributed by atoms with Gasteiger partial charge in [-0.2, -0.15) is 0 Å². The maximum Gasteiger partial charge on any atom is 0.0540 e. The van der Waals surface area contributed by atoms with Gasteiger partial charge in [-0.05, 0) is 117 Å². The van der Waals surface area contributed by atoms with Crippen molar-refractivity contribution in [3.8, 4) is 33.4 Å². The predicted molar refractivity (Wildman–Crippen MR) is 242 cm³/mol. The van der Waals surface area contributed by atoms with Gasteiger partial charge in [0.2, 0.25) is 0 Å². The molecule has 0 saturated carbocycles. The van der Waals surface area contributed by atoms with Gasteiger partial charge in [0.25, 0.3) is 0 Å². The van der Waals surface area contributed by atoms with Crippen LogP contribution in [0.1, 0.15) is 25.0 Å². The normalized spacial score (nSPS) is 12.5. The van der Waals surface area contributed by atoms with Crippen molar-refractivity contribution in [1.29, 1.82) is 0 Å². The molecule has 10 rings (SSSR count). The van der Waals surface area contributed by atoms with Crippen molar-refractivity contribution in [2.75, 3.05) is 9.80 Å². The minimum absolute atomic E-state index is 0.0448. The van der Waals surface area contributed by atoms with Crippen molar-refractivity contribution in [3.63, 3.8) is 0 Å². The number of benzene rings is 9. The van der Waals surface area contributed by atoms with Crippen molar-refractivity contribution < 1.29 is 0 Å². The van der Waals surface area contributed by atoms with E-state index < -0.39 is 0 Å². The van der Waals surface area contributed by atoms with Gasteiger partial charge in [-0.25, -0.2) is 0 Å². The monoisotopic (exact) mass is 730 g/mol. The summed E-state index contributed by atoms with van der Waals surface area (Å²) in [5, 5.41) is 2.45.